The monoisotopic (exact) mass is 256 g/mol. The van der Waals surface area contributed by atoms with Crippen molar-refractivity contribution in [1.82, 2.24) is 0 Å². The van der Waals surface area contributed by atoms with Gasteiger partial charge in [0.2, 0.25) is 5.91 Å². The third kappa shape index (κ3) is 3.48. The Morgan fingerprint density at radius 3 is 2.26 bits per heavy atom. The van der Waals surface area contributed by atoms with Crippen LogP contribution in [0.5, 0.6) is 5.75 Å². The average Bonchev–Trinajstić information content (AvgIpc) is 2.41. The van der Waals surface area contributed by atoms with E-state index in [0.29, 0.717) is 0 Å². The second-order valence-electron chi connectivity index (χ2n) is 4.08. The molecule has 0 radical (unpaired) electrons. The van der Waals surface area contributed by atoms with Gasteiger partial charge in [0.05, 0.1) is 12.8 Å². The van der Waals surface area contributed by atoms with Crippen LogP contribution in [0.3, 0.4) is 0 Å². The molecule has 2 aromatic carbocycles. The molecule has 0 aliphatic heterocycles. The number of amides is 1. The van der Waals surface area contributed by atoms with Gasteiger partial charge in [-0.2, -0.15) is 0 Å². The third-order valence-corrected chi connectivity index (χ3v) is 2.59. The first-order valence-electron chi connectivity index (χ1n) is 5.97. The van der Waals surface area contributed by atoms with Crippen molar-refractivity contribution in [1.29, 1.82) is 0 Å². The first kappa shape index (κ1) is 13.0. The number of rotatable bonds is 4. The lowest BCUT2D eigenvalue weighted by Crippen LogP contribution is -2.05. The molecule has 2 N–H and O–H groups in total. The van der Waals surface area contributed by atoms with Crippen molar-refractivity contribution in [3.05, 3.63) is 48.5 Å². The highest BCUT2D eigenvalue weighted by molar-refractivity contribution is 5.88. The molecule has 1 amide bonds. The van der Waals surface area contributed by atoms with Gasteiger partial charge in [0.1, 0.15) is 5.75 Å². The summed E-state index contributed by atoms with van der Waals surface area (Å²) >= 11 is 0. The number of carbonyl (C=O) groups is 1. The van der Waals surface area contributed by atoms with Crippen LogP contribution in [-0.4, -0.2) is 13.0 Å². The van der Waals surface area contributed by atoms with Gasteiger partial charge in [-0.3, -0.25) is 4.79 Å². The van der Waals surface area contributed by atoms with Crippen LogP contribution >= 0.6 is 0 Å². The fourth-order valence-corrected chi connectivity index (χ4v) is 1.74. The summed E-state index contributed by atoms with van der Waals surface area (Å²) in [6.07, 6.45) is 0. The Morgan fingerprint density at radius 1 is 1.00 bits per heavy atom. The smallest absolute Gasteiger partial charge is 0.221 e. The molecule has 0 saturated heterocycles. The van der Waals surface area contributed by atoms with Crippen LogP contribution in [0.1, 0.15) is 6.92 Å². The summed E-state index contributed by atoms with van der Waals surface area (Å²) in [6.45, 7) is 1.49. The summed E-state index contributed by atoms with van der Waals surface area (Å²) in [7, 11) is 1.64. The first-order valence-corrected chi connectivity index (χ1v) is 5.97. The minimum absolute atomic E-state index is 0.0783. The number of methoxy groups -OCH3 is 1. The Kier molecular flexibility index (Phi) is 4.03. The molecular weight excluding hydrogens is 240 g/mol. The van der Waals surface area contributed by atoms with Gasteiger partial charge in [-0.15, -0.1) is 0 Å². The van der Waals surface area contributed by atoms with Gasteiger partial charge in [0.15, 0.2) is 0 Å². The lowest BCUT2D eigenvalue weighted by atomic mass is 10.2. The molecule has 0 fully saturated rings. The lowest BCUT2D eigenvalue weighted by Gasteiger charge is -2.11. The molecule has 4 heteroatoms. The topological polar surface area (TPSA) is 50.4 Å². The second-order valence-corrected chi connectivity index (χ2v) is 4.08. The average molecular weight is 256 g/mol. The Bertz CT molecular complexity index is 565. The number of ether oxygens (including phenoxy) is 1. The number of anilines is 3. The highest BCUT2D eigenvalue weighted by Gasteiger charge is 2.02. The van der Waals surface area contributed by atoms with E-state index in [1.54, 1.807) is 7.11 Å². The summed E-state index contributed by atoms with van der Waals surface area (Å²) in [5, 5.41) is 5.99. The van der Waals surface area contributed by atoms with Crippen molar-refractivity contribution < 1.29 is 9.53 Å². The molecule has 0 aliphatic carbocycles. The van der Waals surface area contributed by atoms with Crippen molar-refractivity contribution in [3.63, 3.8) is 0 Å². The summed E-state index contributed by atoms with van der Waals surface area (Å²) in [4.78, 5) is 10.9. The number of nitrogens with one attached hydrogen (secondary N) is 2. The van der Waals surface area contributed by atoms with Crippen molar-refractivity contribution in [2.24, 2.45) is 0 Å². The molecule has 0 spiro atoms. The molecule has 2 aromatic rings. The van der Waals surface area contributed by atoms with E-state index in [-0.39, 0.29) is 5.91 Å². The van der Waals surface area contributed by atoms with Gasteiger partial charge in [0.25, 0.3) is 0 Å². The van der Waals surface area contributed by atoms with E-state index in [1.807, 2.05) is 48.5 Å². The van der Waals surface area contributed by atoms with Crippen LogP contribution in [0.25, 0.3) is 0 Å². The van der Waals surface area contributed by atoms with E-state index in [4.69, 9.17) is 4.74 Å². The number of para-hydroxylation sites is 2. The third-order valence-electron chi connectivity index (χ3n) is 2.59. The Labute approximate surface area is 112 Å². The Balaban J connectivity index is 2.13. The number of carbonyl (C=O) groups excluding carboxylic acids is 1. The van der Waals surface area contributed by atoms with Crippen LogP contribution in [0.15, 0.2) is 48.5 Å². The molecule has 98 valence electrons. The van der Waals surface area contributed by atoms with Gasteiger partial charge in [-0.25, -0.2) is 0 Å². The van der Waals surface area contributed by atoms with Crippen molar-refractivity contribution in [3.8, 4) is 5.75 Å². The lowest BCUT2D eigenvalue weighted by molar-refractivity contribution is -0.114. The first-order chi connectivity index (χ1) is 9.19. The maximum absolute atomic E-state index is 10.9. The van der Waals surface area contributed by atoms with Crippen LogP contribution in [0.2, 0.25) is 0 Å². The van der Waals surface area contributed by atoms with Crippen molar-refractivity contribution in [2.75, 3.05) is 17.7 Å². The van der Waals surface area contributed by atoms with E-state index in [2.05, 4.69) is 10.6 Å². The highest BCUT2D eigenvalue weighted by atomic mass is 16.5. The minimum Gasteiger partial charge on any atom is -0.495 e. The van der Waals surface area contributed by atoms with E-state index in [1.165, 1.54) is 6.92 Å². The van der Waals surface area contributed by atoms with Gasteiger partial charge in [-0.1, -0.05) is 12.1 Å². The molecular formula is C15H16N2O2. The van der Waals surface area contributed by atoms with Gasteiger partial charge in [0, 0.05) is 18.3 Å². The van der Waals surface area contributed by atoms with E-state index >= 15 is 0 Å². The maximum Gasteiger partial charge on any atom is 0.221 e. The fourth-order valence-electron chi connectivity index (χ4n) is 1.74. The van der Waals surface area contributed by atoms with Crippen molar-refractivity contribution >= 4 is 23.0 Å². The normalized spacial score (nSPS) is 9.79. The zero-order chi connectivity index (χ0) is 13.7. The predicted molar refractivity (Wildman–Crippen MR) is 77.0 cm³/mol. The summed E-state index contributed by atoms with van der Waals surface area (Å²) in [6, 6.07) is 15.2. The fraction of sp³-hybridized carbons (Fsp3) is 0.133. The quantitative estimate of drug-likeness (QED) is 0.881. The van der Waals surface area contributed by atoms with Crippen LogP contribution in [0.4, 0.5) is 17.1 Å². The SMILES string of the molecule is COc1ccccc1Nc1ccc(NC(C)=O)cc1. The van der Waals surface area contributed by atoms with E-state index < -0.39 is 0 Å². The zero-order valence-electron chi connectivity index (χ0n) is 10.9. The summed E-state index contributed by atoms with van der Waals surface area (Å²) in [5.74, 6) is 0.707. The summed E-state index contributed by atoms with van der Waals surface area (Å²) < 4.78 is 5.27. The Morgan fingerprint density at radius 2 is 1.63 bits per heavy atom. The predicted octanol–water partition coefficient (Wildman–Crippen LogP) is 3.40. The van der Waals surface area contributed by atoms with Gasteiger partial charge >= 0.3 is 0 Å². The molecule has 0 aliphatic rings. The van der Waals surface area contributed by atoms with Gasteiger partial charge in [-0.05, 0) is 36.4 Å². The van der Waals surface area contributed by atoms with Crippen LogP contribution < -0.4 is 15.4 Å². The second kappa shape index (κ2) is 5.91. The van der Waals surface area contributed by atoms with Crippen LogP contribution in [0, 0.1) is 0 Å². The molecule has 19 heavy (non-hydrogen) atoms. The van der Waals surface area contributed by atoms with E-state index in [0.717, 1.165) is 22.8 Å². The van der Waals surface area contributed by atoms with E-state index in [9.17, 15) is 4.79 Å². The summed E-state index contributed by atoms with van der Waals surface area (Å²) in [5.41, 5.74) is 2.61. The van der Waals surface area contributed by atoms with Crippen molar-refractivity contribution in [2.45, 2.75) is 6.92 Å². The molecule has 0 unspecified atom stereocenters. The van der Waals surface area contributed by atoms with Crippen LogP contribution in [-0.2, 0) is 4.79 Å². The molecule has 4 nitrogen and oxygen atoms in total. The molecule has 0 heterocycles. The minimum atomic E-state index is -0.0783. The highest BCUT2D eigenvalue weighted by Crippen LogP contribution is 2.27. The standard InChI is InChI=1S/C15H16N2O2/c1-11(18)16-12-7-9-13(10-8-12)17-14-5-3-4-6-15(14)19-2/h3-10,17H,1-2H3,(H,16,18). The molecule has 0 saturated carbocycles. The molecule has 2 rings (SSSR count). The van der Waals surface area contributed by atoms with Gasteiger partial charge < -0.3 is 15.4 Å². The number of hydrogen-bond acceptors (Lipinski definition) is 3. The molecule has 0 aromatic heterocycles. The molecule has 0 bridgehead atoms. The molecule has 0 atom stereocenters. The largest absolute Gasteiger partial charge is 0.495 e. The number of hydrogen-bond donors (Lipinski definition) is 2. The maximum atomic E-state index is 10.9. The Hall–Kier alpha value is -2.49. The zero-order valence-corrected chi connectivity index (χ0v) is 10.9. The number of benzene rings is 2.